The van der Waals surface area contributed by atoms with Gasteiger partial charge in [-0.15, -0.1) is 5.10 Å². The summed E-state index contributed by atoms with van der Waals surface area (Å²) < 4.78 is 53.5. The lowest BCUT2D eigenvalue weighted by molar-refractivity contribution is -0.144. The standard InChI is InChI=1S/C16H11F4N7/c1-8-21-5-9(6-22-8)7-27-12-4-10(17)2-3-11(12)13(26-27)14-23-15(25-24-14)16(18,19)20/h2-6H,7H2,1H3,(H,23,24,25). The molecule has 1 aromatic carbocycles. The molecule has 0 aliphatic heterocycles. The van der Waals surface area contributed by atoms with Gasteiger partial charge in [0.25, 0.3) is 5.82 Å². The first-order chi connectivity index (χ1) is 12.8. The fourth-order valence-electron chi connectivity index (χ4n) is 2.61. The number of H-pyrrole nitrogens is 1. The number of hydrogen-bond acceptors (Lipinski definition) is 5. The molecule has 0 atom stereocenters. The zero-order valence-corrected chi connectivity index (χ0v) is 13.8. The number of halogens is 4. The molecule has 4 aromatic rings. The summed E-state index contributed by atoms with van der Waals surface area (Å²) in [4.78, 5) is 11.6. The number of rotatable bonds is 3. The van der Waals surface area contributed by atoms with E-state index in [2.05, 4.69) is 30.2 Å². The highest BCUT2D eigenvalue weighted by Gasteiger charge is 2.36. The predicted molar refractivity (Wildman–Crippen MR) is 85.9 cm³/mol. The molecule has 0 unspecified atom stereocenters. The quantitative estimate of drug-likeness (QED) is 0.555. The number of fused-ring (bicyclic) bond motifs is 1. The van der Waals surface area contributed by atoms with Crippen LogP contribution in [-0.4, -0.2) is 34.9 Å². The van der Waals surface area contributed by atoms with Gasteiger partial charge in [-0.3, -0.25) is 9.78 Å². The van der Waals surface area contributed by atoms with Gasteiger partial charge in [0.15, 0.2) is 5.82 Å². The van der Waals surface area contributed by atoms with E-state index in [0.717, 1.165) is 0 Å². The number of aromatic nitrogens is 7. The van der Waals surface area contributed by atoms with Crippen molar-refractivity contribution in [2.75, 3.05) is 0 Å². The fourth-order valence-corrected chi connectivity index (χ4v) is 2.61. The molecule has 27 heavy (non-hydrogen) atoms. The number of nitrogens with one attached hydrogen (secondary N) is 1. The first-order valence-electron chi connectivity index (χ1n) is 7.75. The largest absolute Gasteiger partial charge is 0.453 e. The molecule has 0 saturated heterocycles. The lowest BCUT2D eigenvalue weighted by atomic mass is 10.2. The summed E-state index contributed by atoms with van der Waals surface area (Å²) in [6.07, 6.45) is -1.48. The van der Waals surface area contributed by atoms with Crippen molar-refractivity contribution in [3.8, 4) is 11.5 Å². The third kappa shape index (κ3) is 3.23. The third-order valence-electron chi connectivity index (χ3n) is 3.84. The molecule has 0 fully saturated rings. The van der Waals surface area contributed by atoms with Gasteiger partial charge in [-0.25, -0.2) is 19.3 Å². The van der Waals surface area contributed by atoms with Gasteiger partial charge in [0.05, 0.1) is 12.1 Å². The van der Waals surface area contributed by atoms with E-state index in [1.54, 1.807) is 19.3 Å². The number of hydrogen-bond donors (Lipinski definition) is 1. The maximum absolute atomic E-state index is 13.7. The lowest BCUT2D eigenvalue weighted by Gasteiger charge is -2.03. The Morgan fingerprint density at radius 1 is 1.15 bits per heavy atom. The van der Waals surface area contributed by atoms with E-state index >= 15 is 0 Å². The monoisotopic (exact) mass is 377 g/mol. The number of aryl methyl sites for hydroxylation is 1. The summed E-state index contributed by atoms with van der Waals surface area (Å²) in [5.41, 5.74) is 1.24. The maximum atomic E-state index is 13.7. The van der Waals surface area contributed by atoms with Crippen LogP contribution >= 0.6 is 0 Å². The summed E-state index contributed by atoms with van der Waals surface area (Å²) in [5.74, 6) is -1.35. The van der Waals surface area contributed by atoms with Gasteiger partial charge in [-0.1, -0.05) is 0 Å². The molecule has 0 saturated carbocycles. The average Bonchev–Trinajstić information content (AvgIpc) is 3.22. The van der Waals surface area contributed by atoms with Gasteiger partial charge in [0.2, 0.25) is 0 Å². The van der Waals surface area contributed by atoms with Gasteiger partial charge in [0.1, 0.15) is 17.3 Å². The van der Waals surface area contributed by atoms with E-state index in [0.29, 0.717) is 22.3 Å². The number of aromatic amines is 1. The zero-order chi connectivity index (χ0) is 19.2. The molecule has 0 aliphatic carbocycles. The number of benzene rings is 1. The van der Waals surface area contributed by atoms with E-state index in [1.807, 2.05) is 0 Å². The van der Waals surface area contributed by atoms with Crippen molar-refractivity contribution < 1.29 is 17.6 Å². The smallest absolute Gasteiger partial charge is 0.259 e. The first-order valence-corrected chi connectivity index (χ1v) is 7.75. The highest BCUT2D eigenvalue weighted by Crippen LogP contribution is 2.30. The van der Waals surface area contributed by atoms with Crippen LogP contribution in [0.5, 0.6) is 0 Å². The average molecular weight is 377 g/mol. The Bertz CT molecular complexity index is 1110. The van der Waals surface area contributed by atoms with Crippen LogP contribution in [0.1, 0.15) is 17.2 Å². The Kier molecular flexibility index (Phi) is 3.86. The minimum absolute atomic E-state index is 0.140. The van der Waals surface area contributed by atoms with Crippen molar-refractivity contribution in [1.29, 1.82) is 0 Å². The molecule has 0 amide bonds. The van der Waals surface area contributed by atoms with E-state index in [1.165, 1.54) is 22.9 Å². The second kappa shape index (κ2) is 6.11. The Morgan fingerprint density at radius 3 is 2.56 bits per heavy atom. The molecule has 138 valence electrons. The van der Waals surface area contributed by atoms with Crippen molar-refractivity contribution >= 4 is 10.9 Å². The van der Waals surface area contributed by atoms with Gasteiger partial charge < -0.3 is 0 Å². The minimum Gasteiger partial charge on any atom is -0.259 e. The van der Waals surface area contributed by atoms with Crippen LogP contribution in [0.4, 0.5) is 17.6 Å². The van der Waals surface area contributed by atoms with Crippen molar-refractivity contribution in [2.24, 2.45) is 0 Å². The molecular formula is C16H11F4N7. The Hall–Kier alpha value is -3.37. The molecule has 0 spiro atoms. The summed E-state index contributed by atoms with van der Waals surface area (Å²) in [7, 11) is 0. The molecule has 0 bridgehead atoms. The summed E-state index contributed by atoms with van der Waals surface area (Å²) in [5, 5.41) is 10.2. The van der Waals surface area contributed by atoms with Crippen molar-refractivity contribution in [3.05, 3.63) is 53.6 Å². The van der Waals surface area contributed by atoms with Crippen LogP contribution in [0.2, 0.25) is 0 Å². The fraction of sp³-hybridized carbons (Fsp3) is 0.188. The van der Waals surface area contributed by atoms with E-state index < -0.39 is 17.8 Å². The molecule has 3 aromatic heterocycles. The van der Waals surface area contributed by atoms with Gasteiger partial charge >= 0.3 is 6.18 Å². The molecule has 11 heteroatoms. The van der Waals surface area contributed by atoms with Crippen LogP contribution in [0.25, 0.3) is 22.4 Å². The van der Waals surface area contributed by atoms with E-state index in [9.17, 15) is 17.6 Å². The van der Waals surface area contributed by atoms with Crippen molar-refractivity contribution in [1.82, 2.24) is 34.9 Å². The Morgan fingerprint density at radius 2 is 1.89 bits per heavy atom. The molecule has 1 N–H and O–H groups in total. The van der Waals surface area contributed by atoms with Crippen molar-refractivity contribution in [2.45, 2.75) is 19.6 Å². The Balaban J connectivity index is 1.82. The van der Waals surface area contributed by atoms with Crippen LogP contribution in [-0.2, 0) is 12.7 Å². The molecular weight excluding hydrogens is 366 g/mol. The lowest BCUT2D eigenvalue weighted by Crippen LogP contribution is -2.07. The van der Waals surface area contributed by atoms with Crippen LogP contribution in [0, 0.1) is 12.7 Å². The molecule has 7 nitrogen and oxygen atoms in total. The second-order valence-corrected chi connectivity index (χ2v) is 5.81. The zero-order valence-electron chi connectivity index (χ0n) is 13.8. The molecule has 4 rings (SSSR count). The molecule has 0 radical (unpaired) electrons. The number of nitrogens with zero attached hydrogens (tertiary/aromatic N) is 6. The topological polar surface area (TPSA) is 85.2 Å². The summed E-state index contributed by atoms with van der Waals surface area (Å²) >= 11 is 0. The van der Waals surface area contributed by atoms with Gasteiger partial charge in [-0.05, 0) is 25.1 Å². The summed E-state index contributed by atoms with van der Waals surface area (Å²) in [6.45, 7) is 1.95. The third-order valence-corrected chi connectivity index (χ3v) is 3.84. The van der Waals surface area contributed by atoms with Crippen LogP contribution in [0.15, 0.2) is 30.6 Å². The Labute approximate surface area is 149 Å². The van der Waals surface area contributed by atoms with Crippen LogP contribution in [0.3, 0.4) is 0 Å². The normalized spacial score (nSPS) is 12.0. The number of alkyl halides is 3. The molecule has 0 aliphatic rings. The highest BCUT2D eigenvalue weighted by atomic mass is 19.4. The van der Waals surface area contributed by atoms with Crippen molar-refractivity contribution in [3.63, 3.8) is 0 Å². The van der Waals surface area contributed by atoms with E-state index in [-0.39, 0.29) is 18.1 Å². The van der Waals surface area contributed by atoms with Gasteiger partial charge in [0, 0.05) is 23.3 Å². The maximum Gasteiger partial charge on any atom is 0.453 e. The second-order valence-electron chi connectivity index (χ2n) is 5.81. The predicted octanol–water partition coefficient (Wildman–Crippen LogP) is 3.13. The highest BCUT2D eigenvalue weighted by molar-refractivity contribution is 5.91. The van der Waals surface area contributed by atoms with Gasteiger partial charge in [-0.2, -0.15) is 18.3 Å². The first kappa shape index (κ1) is 17.1. The molecule has 3 heterocycles. The SMILES string of the molecule is Cc1ncc(Cn2nc(-c3nc(C(F)(F)F)n[nH]3)c3ccc(F)cc32)cn1. The van der Waals surface area contributed by atoms with Crippen LogP contribution < -0.4 is 0 Å². The van der Waals surface area contributed by atoms with E-state index in [4.69, 9.17) is 0 Å². The minimum atomic E-state index is -4.68. The summed E-state index contributed by atoms with van der Waals surface area (Å²) in [6, 6.07) is 3.89.